The van der Waals surface area contributed by atoms with Gasteiger partial charge in [0.2, 0.25) is 0 Å². The van der Waals surface area contributed by atoms with Crippen LogP contribution in [0.15, 0.2) is 4.99 Å². The lowest BCUT2D eigenvalue weighted by atomic mass is 9.95. The van der Waals surface area contributed by atoms with E-state index in [1.54, 1.807) is 0 Å². The number of aliphatic hydroxyl groups excluding tert-OH is 3. The Morgan fingerprint density at radius 3 is 2.79 bits per heavy atom. The van der Waals surface area contributed by atoms with Crippen LogP contribution in [-0.4, -0.2) is 56.6 Å². The number of thioether (sulfide) groups is 1. The molecular formula is C8H14N2O3S. The molecule has 1 saturated heterocycles. The molecule has 0 aromatic carbocycles. The average Bonchev–Trinajstić information content (AvgIpc) is 2.52. The second-order valence-electron chi connectivity index (χ2n) is 3.61. The minimum absolute atomic E-state index is 0.0226. The van der Waals surface area contributed by atoms with E-state index in [1.165, 1.54) is 11.8 Å². The van der Waals surface area contributed by atoms with Crippen molar-refractivity contribution in [3.63, 3.8) is 0 Å². The fourth-order valence-electron chi connectivity index (χ4n) is 1.86. The molecule has 0 amide bonds. The van der Waals surface area contributed by atoms with Gasteiger partial charge < -0.3 is 15.3 Å². The molecule has 2 aliphatic heterocycles. The monoisotopic (exact) mass is 218 g/mol. The number of aliphatic imine (C=N–C) groups is 1. The molecule has 0 radical (unpaired) electrons. The molecule has 1 fully saturated rings. The number of rotatable bonds is 1. The molecule has 5 nitrogen and oxygen atoms in total. The Hall–Kier alpha value is -0.140. The predicted molar refractivity (Wildman–Crippen MR) is 54.3 cm³/mol. The molecule has 14 heavy (non-hydrogen) atoms. The molecule has 2 aliphatic rings. The van der Waals surface area contributed by atoms with Crippen LogP contribution in [0.3, 0.4) is 0 Å². The molecule has 4 N–H and O–H groups in total. The highest BCUT2D eigenvalue weighted by atomic mass is 32.2. The summed E-state index contributed by atoms with van der Waals surface area (Å²) in [7, 11) is 0. The SMILES string of the molecule is CC1=N[C@@H]2[C@@H](O)[C@H](O)C(CO)N[C@@H]2S1. The first kappa shape index (κ1) is 10.4. The topological polar surface area (TPSA) is 85.1 Å². The van der Waals surface area contributed by atoms with E-state index in [0.717, 1.165) is 5.04 Å². The Bertz CT molecular complexity index is 261. The number of fused-ring (bicyclic) bond motifs is 1. The molecule has 0 aliphatic carbocycles. The van der Waals surface area contributed by atoms with Crippen LogP contribution < -0.4 is 5.32 Å². The number of piperidine rings is 1. The van der Waals surface area contributed by atoms with Gasteiger partial charge in [-0.05, 0) is 6.92 Å². The molecule has 80 valence electrons. The largest absolute Gasteiger partial charge is 0.395 e. The van der Waals surface area contributed by atoms with Gasteiger partial charge in [0.15, 0.2) is 0 Å². The van der Waals surface area contributed by atoms with Gasteiger partial charge in [-0.3, -0.25) is 10.3 Å². The van der Waals surface area contributed by atoms with E-state index in [1.807, 2.05) is 6.92 Å². The fourth-order valence-corrected chi connectivity index (χ4v) is 3.01. The standard InChI is InChI=1S/C8H14N2O3S/c1-3-9-5-7(13)6(12)4(2-11)10-8(5)14-3/h4-8,10-13H,2H2,1H3/t4?,5-,6-,7-,8-/m1/s1. The Labute approximate surface area is 86.2 Å². The summed E-state index contributed by atoms with van der Waals surface area (Å²) in [5, 5.41) is 32.3. The maximum atomic E-state index is 9.75. The van der Waals surface area contributed by atoms with Crippen molar-refractivity contribution in [2.24, 2.45) is 4.99 Å². The Kier molecular flexibility index (Phi) is 2.81. The first-order valence-electron chi connectivity index (χ1n) is 4.57. The maximum Gasteiger partial charge on any atom is 0.106 e. The zero-order valence-electron chi connectivity index (χ0n) is 7.79. The van der Waals surface area contributed by atoms with E-state index in [-0.39, 0.29) is 18.0 Å². The Balaban J connectivity index is 2.14. The van der Waals surface area contributed by atoms with Gasteiger partial charge >= 0.3 is 0 Å². The number of hydrogen-bond donors (Lipinski definition) is 4. The van der Waals surface area contributed by atoms with Crippen molar-refractivity contribution < 1.29 is 15.3 Å². The lowest BCUT2D eigenvalue weighted by molar-refractivity contribution is -0.0507. The normalized spacial score (nSPS) is 47.4. The molecule has 0 saturated carbocycles. The zero-order chi connectivity index (χ0) is 10.3. The summed E-state index contributed by atoms with van der Waals surface area (Å²) >= 11 is 1.53. The highest BCUT2D eigenvalue weighted by Crippen LogP contribution is 2.32. The van der Waals surface area contributed by atoms with Crippen molar-refractivity contribution in [2.75, 3.05) is 6.61 Å². The van der Waals surface area contributed by atoms with E-state index in [2.05, 4.69) is 10.3 Å². The fraction of sp³-hybridized carbons (Fsp3) is 0.875. The third-order valence-electron chi connectivity index (χ3n) is 2.63. The lowest BCUT2D eigenvalue weighted by Gasteiger charge is -2.38. The van der Waals surface area contributed by atoms with Crippen molar-refractivity contribution in [1.82, 2.24) is 5.32 Å². The molecule has 0 bridgehead atoms. The summed E-state index contributed by atoms with van der Waals surface area (Å²) in [5.41, 5.74) is 0. The van der Waals surface area contributed by atoms with Gasteiger partial charge in [-0.2, -0.15) is 0 Å². The summed E-state index contributed by atoms with van der Waals surface area (Å²) in [4.78, 5) is 4.24. The van der Waals surface area contributed by atoms with Crippen LogP contribution in [0.1, 0.15) is 6.92 Å². The van der Waals surface area contributed by atoms with E-state index >= 15 is 0 Å². The van der Waals surface area contributed by atoms with Gasteiger partial charge in [0.1, 0.15) is 12.1 Å². The predicted octanol–water partition coefficient (Wildman–Crippen LogP) is -1.47. The molecule has 1 unspecified atom stereocenters. The lowest BCUT2D eigenvalue weighted by Crippen LogP contribution is -2.63. The third-order valence-corrected chi connectivity index (χ3v) is 3.74. The van der Waals surface area contributed by atoms with Gasteiger partial charge in [0.05, 0.1) is 29.2 Å². The molecule has 0 aromatic heterocycles. The van der Waals surface area contributed by atoms with Crippen LogP contribution in [-0.2, 0) is 0 Å². The minimum Gasteiger partial charge on any atom is -0.395 e. The quantitative estimate of drug-likeness (QED) is 0.432. The van der Waals surface area contributed by atoms with Crippen LogP contribution in [0.2, 0.25) is 0 Å². The van der Waals surface area contributed by atoms with Gasteiger partial charge in [-0.1, -0.05) is 11.8 Å². The van der Waals surface area contributed by atoms with Crippen LogP contribution >= 0.6 is 11.8 Å². The minimum atomic E-state index is -0.948. The molecule has 6 heteroatoms. The molecular weight excluding hydrogens is 204 g/mol. The third kappa shape index (κ3) is 1.57. The van der Waals surface area contributed by atoms with E-state index in [0.29, 0.717) is 0 Å². The van der Waals surface area contributed by atoms with Crippen LogP contribution in [0, 0.1) is 0 Å². The number of nitrogens with one attached hydrogen (secondary N) is 1. The second kappa shape index (κ2) is 3.79. The Morgan fingerprint density at radius 2 is 2.14 bits per heavy atom. The van der Waals surface area contributed by atoms with Gasteiger partial charge in [0, 0.05) is 0 Å². The van der Waals surface area contributed by atoms with Crippen molar-refractivity contribution in [3.8, 4) is 0 Å². The van der Waals surface area contributed by atoms with Crippen molar-refractivity contribution in [3.05, 3.63) is 0 Å². The number of nitrogens with zero attached hydrogens (tertiary/aromatic N) is 1. The van der Waals surface area contributed by atoms with Gasteiger partial charge in [-0.15, -0.1) is 0 Å². The summed E-state index contributed by atoms with van der Waals surface area (Å²) in [6.07, 6.45) is -1.83. The highest BCUT2D eigenvalue weighted by Gasteiger charge is 2.45. The van der Waals surface area contributed by atoms with Gasteiger partial charge in [0.25, 0.3) is 0 Å². The molecule has 0 spiro atoms. The second-order valence-corrected chi connectivity index (χ2v) is 4.95. The summed E-state index contributed by atoms with van der Waals surface area (Å²) in [6, 6.07) is -0.752. The molecule has 5 atom stereocenters. The first-order valence-corrected chi connectivity index (χ1v) is 5.45. The van der Waals surface area contributed by atoms with Crippen LogP contribution in [0.25, 0.3) is 0 Å². The zero-order valence-corrected chi connectivity index (χ0v) is 8.61. The van der Waals surface area contributed by atoms with Gasteiger partial charge in [-0.25, -0.2) is 0 Å². The van der Waals surface area contributed by atoms with E-state index < -0.39 is 18.2 Å². The molecule has 2 heterocycles. The summed E-state index contributed by atoms with van der Waals surface area (Å²) in [5.74, 6) is 0. The number of aliphatic hydroxyl groups is 3. The summed E-state index contributed by atoms with van der Waals surface area (Å²) < 4.78 is 0. The van der Waals surface area contributed by atoms with Crippen molar-refractivity contribution in [1.29, 1.82) is 0 Å². The Morgan fingerprint density at radius 1 is 1.43 bits per heavy atom. The van der Waals surface area contributed by atoms with Crippen molar-refractivity contribution in [2.45, 2.75) is 36.6 Å². The molecule has 2 rings (SSSR count). The highest BCUT2D eigenvalue weighted by molar-refractivity contribution is 8.14. The first-order chi connectivity index (χ1) is 6.63. The molecule has 0 aromatic rings. The average molecular weight is 218 g/mol. The summed E-state index contributed by atoms with van der Waals surface area (Å²) in [6.45, 7) is 1.69. The number of hydrogen-bond acceptors (Lipinski definition) is 6. The van der Waals surface area contributed by atoms with Crippen LogP contribution in [0.5, 0.6) is 0 Å². The maximum absolute atomic E-state index is 9.75. The smallest absolute Gasteiger partial charge is 0.106 e. The van der Waals surface area contributed by atoms with Crippen LogP contribution in [0.4, 0.5) is 0 Å². The van der Waals surface area contributed by atoms with E-state index in [9.17, 15) is 10.2 Å². The van der Waals surface area contributed by atoms with Crippen molar-refractivity contribution >= 4 is 16.8 Å². The van der Waals surface area contributed by atoms with E-state index in [4.69, 9.17) is 5.11 Å².